The molecule has 1 aliphatic rings. The van der Waals surface area contributed by atoms with Crippen molar-refractivity contribution < 1.29 is 4.74 Å². The highest BCUT2D eigenvalue weighted by atomic mass is 16.5. The normalized spacial score (nSPS) is 15.0. The molecule has 0 atom stereocenters. The minimum atomic E-state index is -0.131. The highest BCUT2D eigenvalue weighted by Crippen LogP contribution is 2.44. The van der Waals surface area contributed by atoms with Crippen LogP contribution in [0.3, 0.4) is 0 Å². The van der Waals surface area contributed by atoms with E-state index in [1.165, 1.54) is 0 Å². The highest BCUT2D eigenvalue weighted by molar-refractivity contribution is 6.02. The van der Waals surface area contributed by atoms with E-state index < -0.39 is 0 Å². The van der Waals surface area contributed by atoms with E-state index in [4.69, 9.17) is 4.74 Å². The average Bonchev–Trinajstić information content (AvgIpc) is 3.47. The third-order valence-electron chi connectivity index (χ3n) is 6.45. The second-order valence-electron chi connectivity index (χ2n) is 9.31. The minimum absolute atomic E-state index is 0.0250. The Labute approximate surface area is 187 Å². The number of benzene rings is 2. The molecular weight excluding hydrogens is 402 g/mol. The monoisotopic (exact) mass is 431 g/mol. The molecule has 7 nitrogen and oxygen atoms in total. The van der Waals surface area contributed by atoms with E-state index in [0.29, 0.717) is 12.3 Å². The number of ether oxygens (including phenoxy) is 1. The molecule has 0 aliphatic heterocycles. The molecule has 32 heavy (non-hydrogen) atoms. The second-order valence-corrected chi connectivity index (χ2v) is 9.31. The first kappa shape index (κ1) is 20.7. The first-order valence-corrected chi connectivity index (χ1v) is 11.1. The Kier molecular flexibility index (Phi) is 5.01. The highest BCUT2D eigenvalue weighted by Gasteiger charge is 2.42. The van der Waals surface area contributed by atoms with Crippen molar-refractivity contribution in [3.63, 3.8) is 0 Å². The number of hydrogen-bond acceptors (Lipinski definition) is 5. The molecule has 0 N–H and O–H groups in total. The lowest BCUT2D eigenvalue weighted by molar-refractivity contribution is 0.281. The fourth-order valence-corrected chi connectivity index (χ4v) is 4.26. The van der Waals surface area contributed by atoms with Gasteiger partial charge in [0.05, 0.1) is 12.1 Å². The van der Waals surface area contributed by atoms with Gasteiger partial charge < -0.3 is 9.64 Å². The average molecular weight is 432 g/mol. The summed E-state index contributed by atoms with van der Waals surface area (Å²) in [4.78, 5) is 15.2. The summed E-state index contributed by atoms with van der Waals surface area (Å²) in [6.45, 7) is 3.85. The Balaban J connectivity index is 1.51. The van der Waals surface area contributed by atoms with Gasteiger partial charge in [0.15, 0.2) is 5.65 Å². The Bertz CT molecular complexity index is 1350. The lowest BCUT2D eigenvalue weighted by Crippen LogP contribution is -2.29. The minimum Gasteiger partial charge on any atom is -0.494 e. The maximum Gasteiger partial charge on any atom is 0.330 e. The van der Waals surface area contributed by atoms with E-state index in [1.54, 1.807) is 11.6 Å². The summed E-state index contributed by atoms with van der Waals surface area (Å²) >= 11 is 0. The SMILES string of the molecule is CN(C)CCCOc1ccc(-c2ccc3nnc4c(c3c2)n(C2(C)CC2)c(=O)n4C)cc1. The molecule has 166 valence electrons. The number of fused-ring (bicyclic) bond motifs is 3. The van der Waals surface area contributed by atoms with E-state index >= 15 is 0 Å². The van der Waals surface area contributed by atoms with Crippen LogP contribution in [0.1, 0.15) is 26.2 Å². The summed E-state index contributed by atoms with van der Waals surface area (Å²) in [5.41, 5.74) is 4.33. The van der Waals surface area contributed by atoms with Gasteiger partial charge in [0, 0.05) is 24.5 Å². The van der Waals surface area contributed by atoms with Crippen LogP contribution in [0.25, 0.3) is 33.2 Å². The molecule has 1 fully saturated rings. The Hall–Kier alpha value is -3.19. The van der Waals surface area contributed by atoms with Crippen LogP contribution in [-0.4, -0.2) is 51.5 Å². The fourth-order valence-electron chi connectivity index (χ4n) is 4.26. The second kappa shape index (κ2) is 7.74. The topological polar surface area (TPSA) is 65.2 Å². The van der Waals surface area contributed by atoms with Crippen molar-refractivity contribution in [2.24, 2.45) is 7.05 Å². The maximum atomic E-state index is 13.0. The van der Waals surface area contributed by atoms with Crippen LogP contribution in [0.15, 0.2) is 47.3 Å². The largest absolute Gasteiger partial charge is 0.494 e. The van der Waals surface area contributed by atoms with E-state index in [1.807, 2.05) is 22.8 Å². The van der Waals surface area contributed by atoms with Gasteiger partial charge in [-0.25, -0.2) is 4.79 Å². The summed E-state index contributed by atoms with van der Waals surface area (Å²) < 4.78 is 9.40. The van der Waals surface area contributed by atoms with Gasteiger partial charge in [-0.15, -0.1) is 10.2 Å². The van der Waals surface area contributed by atoms with Crippen molar-refractivity contribution >= 4 is 22.1 Å². The number of nitrogens with zero attached hydrogens (tertiary/aromatic N) is 5. The molecule has 2 aromatic heterocycles. The number of imidazole rings is 1. The predicted octanol–water partition coefficient (Wildman–Crippen LogP) is 3.79. The van der Waals surface area contributed by atoms with Gasteiger partial charge in [-0.2, -0.15) is 0 Å². The van der Waals surface area contributed by atoms with Crippen molar-refractivity contribution in [2.45, 2.75) is 31.7 Å². The van der Waals surface area contributed by atoms with Gasteiger partial charge in [0.1, 0.15) is 11.3 Å². The smallest absolute Gasteiger partial charge is 0.330 e. The Morgan fingerprint density at radius 2 is 1.78 bits per heavy atom. The van der Waals surface area contributed by atoms with Crippen LogP contribution in [0.2, 0.25) is 0 Å². The molecule has 0 bridgehead atoms. The van der Waals surface area contributed by atoms with Crippen molar-refractivity contribution in [3.8, 4) is 16.9 Å². The van der Waals surface area contributed by atoms with E-state index in [2.05, 4.69) is 60.4 Å². The molecule has 2 aromatic carbocycles. The molecule has 7 heteroatoms. The molecule has 2 heterocycles. The molecule has 0 spiro atoms. The first-order valence-electron chi connectivity index (χ1n) is 11.1. The predicted molar refractivity (Wildman–Crippen MR) is 127 cm³/mol. The summed E-state index contributed by atoms with van der Waals surface area (Å²) in [6, 6.07) is 14.3. The third-order valence-corrected chi connectivity index (χ3v) is 6.45. The van der Waals surface area contributed by atoms with Gasteiger partial charge >= 0.3 is 5.69 Å². The Morgan fingerprint density at radius 1 is 1.06 bits per heavy atom. The van der Waals surface area contributed by atoms with Crippen molar-refractivity contribution in [1.29, 1.82) is 0 Å². The van der Waals surface area contributed by atoms with Gasteiger partial charge in [0.2, 0.25) is 0 Å². The van der Waals surface area contributed by atoms with Gasteiger partial charge in [-0.1, -0.05) is 18.2 Å². The Morgan fingerprint density at radius 3 is 2.47 bits per heavy atom. The van der Waals surface area contributed by atoms with Crippen LogP contribution in [0.4, 0.5) is 0 Å². The zero-order chi connectivity index (χ0) is 22.5. The lowest BCUT2D eigenvalue weighted by Gasteiger charge is -2.12. The molecule has 0 amide bonds. The summed E-state index contributed by atoms with van der Waals surface area (Å²) in [7, 11) is 5.91. The lowest BCUT2D eigenvalue weighted by atomic mass is 10.0. The molecule has 1 aliphatic carbocycles. The van der Waals surface area contributed by atoms with Crippen LogP contribution < -0.4 is 10.4 Å². The molecule has 4 aromatic rings. The zero-order valence-corrected chi connectivity index (χ0v) is 19.1. The molecular formula is C25H29N5O2. The van der Waals surface area contributed by atoms with Crippen molar-refractivity contribution in [3.05, 3.63) is 52.9 Å². The fraction of sp³-hybridized carbons (Fsp3) is 0.400. The van der Waals surface area contributed by atoms with Crippen LogP contribution in [0.5, 0.6) is 5.75 Å². The summed E-state index contributed by atoms with van der Waals surface area (Å²) in [6.07, 6.45) is 3.01. The maximum absolute atomic E-state index is 13.0. The third kappa shape index (κ3) is 3.56. The first-order chi connectivity index (χ1) is 15.4. The van der Waals surface area contributed by atoms with E-state index in [0.717, 1.165) is 59.1 Å². The quantitative estimate of drug-likeness (QED) is 0.417. The van der Waals surface area contributed by atoms with Crippen LogP contribution in [-0.2, 0) is 12.6 Å². The van der Waals surface area contributed by atoms with E-state index in [9.17, 15) is 4.79 Å². The molecule has 0 unspecified atom stereocenters. The molecule has 0 saturated heterocycles. The molecule has 1 saturated carbocycles. The van der Waals surface area contributed by atoms with Crippen LogP contribution >= 0.6 is 0 Å². The van der Waals surface area contributed by atoms with Crippen molar-refractivity contribution in [2.75, 3.05) is 27.2 Å². The standard InChI is InChI=1S/C25H29N5O2/c1-25(12-13-25)30-22-20-16-18(8-11-21(20)26-27-23(22)29(4)24(30)31)17-6-9-19(10-7-17)32-15-5-14-28(2)3/h6-11,16H,5,12-15H2,1-4H3. The van der Waals surface area contributed by atoms with Gasteiger partial charge in [-0.3, -0.25) is 9.13 Å². The van der Waals surface area contributed by atoms with Crippen molar-refractivity contribution in [1.82, 2.24) is 24.2 Å². The van der Waals surface area contributed by atoms with Gasteiger partial charge in [-0.05, 0) is 75.7 Å². The van der Waals surface area contributed by atoms with E-state index in [-0.39, 0.29) is 11.2 Å². The van der Waals surface area contributed by atoms with Gasteiger partial charge in [0.25, 0.3) is 0 Å². The summed E-state index contributed by atoms with van der Waals surface area (Å²) in [5, 5.41) is 9.71. The molecule has 0 radical (unpaired) electrons. The number of rotatable bonds is 7. The zero-order valence-electron chi connectivity index (χ0n) is 19.1. The number of hydrogen-bond donors (Lipinski definition) is 0. The summed E-state index contributed by atoms with van der Waals surface area (Å²) in [5.74, 6) is 0.875. The number of aromatic nitrogens is 4. The van der Waals surface area contributed by atoms with Crippen LogP contribution in [0, 0.1) is 0 Å². The number of aryl methyl sites for hydroxylation is 1. The molecule has 5 rings (SSSR count).